The van der Waals surface area contributed by atoms with Crippen molar-refractivity contribution in [3.63, 3.8) is 0 Å². The second-order valence-corrected chi connectivity index (χ2v) is 7.14. The summed E-state index contributed by atoms with van der Waals surface area (Å²) in [5, 5.41) is 8.82. The summed E-state index contributed by atoms with van der Waals surface area (Å²) >= 11 is 0. The third-order valence-electron chi connectivity index (χ3n) is 4.22. The van der Waals surface area contributed by atoms with E-state index in [0.717, 1.165) is 32.4 Å². The lowest BCUT2D eigenvalue weighted by Crippen LogP contribution is -2.46. The Morgan fingerprint density at radius 3 is 2.90 bits per heavy atom. The van der Waals surface area contributed by atoms with Crippen molar-refractivity contribution in [2.45, 2.75) is 49.5 Å². The molecule has 0 spiro atoms. The van der Waals surface area contributed by atoms with Crippen LogP contribution in [0.2, 0.25) is 0 Å². The van der Waals surface area contributed by atoms with Gasteiger partial charge in [-0.1, -0.05) is 6.42 Å². The number of sulfonamides is 1. The van der Waals surface area contributed by atoms with Crippen molar-refractivity contribution < 1.29 is 17.9 Å². The standard InChI is InChI=1S/C13H20N2O4S/c16-9-10-4-5-13(19-10)20(17,18)14-11-6-8-15-7-2-1-3-12(11)15/h4-5,11-12,14,16H,1-3,6-9H2. The smallest absolute Gasteiger partial charge is 0.274 e. The predicted molar refractivity (Wildman–Crippen MR) is 72.6 cm³/mol. The molecule has 0 amide bonds. The Labute approximate surface area is 118 Å². The van der Waals surface area contributed by atoms with Gasteiger partial charge < -0.3 is 9.52 Å². The number of fused-ring (bicyclic) bond motifs is 1. The van der Waals surface area contributed by atoms with Crippen LogP contribution < -0.4 is 4.72 Å². The number of aliphatic hydroxyl groups excluding tert-OH is 1. The Morgan fingerprint density at radius 2 is 2.15 bits per heavy atom. The molecule has 2 atom stereocenters. The summed E-state index contributed by atoms with van der Waals surface area (Å²) < 4.78 is 32.5. The highest BCUT2D eigenvalue weighted by atomic mass is 32.2. The summed E-state index contributed by atoms with van der Waals surface area (Å²) in [5.74, 6) is 0.260. The third-order valence-corrected chi connectivity index (χ3v) is 5.58. The molecule has 0 radical (unpaired) electrons. The molecule has 2 aliphatic heterocycles. The lowest BCUT2D eigenvalue weighted by Gasteiger charge is -2.32. The molecule has 20 heavy (non-hydrogen) atoms. The first-order valence-corrected chi connectivity index (χ1v) is 8.54. The highest BCUT2D eigenvalue weighted by molar-refractivity contribution is 7.89. The first-order chi connectivity index (χ1) is 9.60. The summed E-state index contributed by atoms with van der Waals surface area (Å²) in [6, 6.07) is 3.14. The number of rotatable bonds is 4. The van der Waals surface area contributed by atoms with Crippen LogP contribution in [0.3, 0.4) is 0 Å². The lowest BCUT2D eigenvalue weighted by atomic mass is 10.00. The van der Waals surface area contributed by atoms with Crippen molar-refractivity contribution in [1.82, 2.24) is 9.62 Å². The highest BCUT2D eigenvalue weighted by Crippen LogP contribution is 2.28. The molecular weight excluding hydrogens is 280 g/mol. The van der Waals surface area contributed by atoms with Gasteiger partial charge in [0.1, 0.15) is 12.4 Å². The summed E-state index contributed by atoms with van der Waals surface area (Å²) in [5.41, 5.74) is 0. The monoisotopic (exact) mass is 300 g/mol. The minimum atomic E-state index is -3.64. The van der Waals surface area contributed by atoms with Crippen LogP contribution in [0, 0.1) is 0 Å². The largest absolute Gasteiger partial charge is 0.446 e. The number of aliphatic hydroxyl groups is 1. The molecule has 0 saturated carbocycles. The second-order valence-electron chi connectivity index (χ2n) is 5.49. The van der Waals surface area contributed by atoms with E-state index >= 15 is 0 Å². The molecule has 3 heterocycles. The van der Waals surface area contributed by atoms with Gasteiger partial charge in [-0.15, -0.1) is 0 Å². The van der Waals surface area contributed by atoms with Crippen molar-refractivity contribution in [1.29, 1.82) is 0 Å². The van der Waals surface area contributed by atoms with Crippen LogP contribution in [0.5, 0.6) is 0 Å². The van der Waals surface area contributed by atoms with Crippen LogP contribution in [0.15, 0.2) is 21.6 Å². The molecule has 6 nitrogen and oxygen atoms in total. The normalized spacial score (nSPS) is 27.6. The van der Waals surface area contributed by atoms with E-state index in [1.807, 2.05) is 0 Å². The summed E-state index contributed by atoms with van der Waals surface area (Å²) in [6.07, 6.45) is 4.26. The molecular formula is C13H20N2O4S. The number of piperidine rings is 1. The molecule has 2 aliphatic rings. The summed E-state index contributed by atoms with van der Waals surface area (Å²) in [4.78, 5) is 2.37. The molecule has 2 saturated heterocycles. The van der Waals surface area contributed by atoms with E-state index in [0.29, 0.717) is 6.04 Å². The molecule has 0 aliphatic carbocycles. The van der Waals surface area contributed by atoms with Crippen LogP contribution in [0.4, 0.5) is 0 Å². The Morgan fingerprint density at radius 1 is 1.30 bits per heavy atom. The molecule has 0 aromatic carbocycles. The quantitative estimate of drug-likeness (QED) is 0.854. The van der Waals surface area contributed by atoms with Gasteiger partial charge in [0.25, 0.3) is 10.0 Å². The Kier molecular flexibility index (Phi) is 3.85. The molecule has 1 aromatic heterocycles. The topological polar surface area (TPSA) is 82.8 Å². The van der Waals surface area contributed by atoms with Crippen molar-refractivity contribution >= 4 is 10.0 Å². The Balaban J connectivity index is 1.73. The van der Waals surface area contributed by atoms with Crippen molar-refractivity contribution in [3.05, 3.63) is 17.9 Å². The zero-order valence-electron chi connectivity index (χ0n) is 11.3. The van der Waals surface area contributed by atoms with Gasteiger partial charge in [0, 0.05) is 18.6 Å². The minimum Gasteiger partial charge on any atom is -0.446 e. The van der Waals surface area contributed by atoms with Gasteiger partial charge in [-0.25, -0.2) is 13.1 Å². The van der Waals surface area contributed by atoms with E-state index in [9.17, 15) is 8.42 Å². The number of nitrogens with zero attached hydrogens (tertiary/aromatic N) is 1. The van der Waals surface area contributed by atoms with Crippen molar-refractivity contribution in [2.24, 2.45) is 0 Å². The molecule has 7 heteroatoms. The Bertz CT molecular complexity index is 569. The van der Waals surface area contributed by atoms with E-state index in [1.54, 1.807) is 0 Å². The fourth-order valence-electron chi connectivity index (χ4n) is 3.23. The highest BCUT2D eigenvalue weighted by Gasteiger charge is 2.38. The maximum Gasteiger partial charge on any atom is 0.274 e. The van der Waals surface area contributed by atoms with E-state index in [4.69, 9.17) is 9.52 Å². The van der Waals surface area contributed by atoms with Gasteiger partial charge in [-0.3, -0.25) is 4.90 Å². The van der Waals surface area contributed by atoms with Crippen LogP contribution >= 0.6 is 0 Å². The van der Waals surface area contributed by atoms with Gasteiger partial charge in [0.2, 0.25) is 5.09 Å². The van der Waals surface area contributed by atoms with Crippen LogP contribution in [0.25, 0.3) is 0 Å². The molecule has 112 valence electrons. The maximum absolute atomic E-state index is 12.3. The Hall–Kier alpha value is -0.890. The number of hydrogen-bond donors (Lipinski definition) is 2. The minimum absolute atomic E-state index is 0.0389. The van der Waals surface area contributed by atoms with E-state index in [1.165, 1.54) is 18.6 Å². The van der Waals surface area contributed by atoms with Crippen molar-refractivity contribution in [2.75, 3.05) is 13.1 Å². The van der Waals surface area contributed by atoms with Crippen LogP contribution in [-0.4, -0.2) is 43.6 Å². The lowest BCUT2D eigenvalue weighted by molar-refractivity contribution is 0.186. The zero-order chi connectivity index (χ0) is 14.2. The first-order valence-electron chi connectivity index (χ1n) is 7.06. The number of nitrogens with one attached hydrogen (secondary N) is 1. The van der Waals surface area contributed by atoms with E-state index in [-0.39, 0.29) is 23.5 Å². The molecule has 3 rings (SSSR count). The van der Waals surface area contributed by atoms with E-state index in [2.05, 4.69) is 9.62 Å². The van der Waals surface area contributed by atoms with Gasteiger partial charge in [0.05, 0.1) is 0 Å². The molecule has 0 bridgehead atoms. The molecule has 1 aromatic rings. The number of furan rings is 1. The molecule has 2 unspecified atom stereocenters. The fraction of sp³-hybridized carbons (Fsp3) is 0.692. The van der Waals surface area contributed by atoms with Crippen LogP contribution in [0.1, 0.15) is 31.4 Å². The summed E-state index contributed by atoms with van der Waals surface area (Å²) in [6.45, 7) is 1.73. The predicted octanol–water partition coefficient (Wildman–Crippen LogP) is 0.677. The van der Waals surface area contributed by atoms with Crippen LogP contribution in [-0.2, 0) is 16.6 Å². The van der Waals surface area contributed by atoms with Gasteiger partial charge in [-0.05, 0) is 37.9 Å². The SMILES string of the molecule is O=S(=O)(NC1CCN2CCCCC12)c1ccc(CO)o1. The average Bonchev–Trinajstić information content (AvgIpc) is 3.06. The third kappa shape index (κ3) is 2.63. The average molecular weight is 300 g/mol. The first kappa shape index (κ1) is 14.1. The van der Waals surface area contributed by atoms with Gasteiger partial charge >= 0.3 is 0 Å². The summed E-state index contributed by atoms with van der Waals surface area (Å²) in [7, 11) is -3.64. The molecule has 2 N–H and O–H groups in total. The second kappa shape index (κ2) is 5.48. The number of hydrogen-bond acceptors (Lipinski definition) is 5. The van der Waals surface area contributed by atoms with Gasteiger partial charge in [-0.2, -0.15) is 0 Å². The maximum atomic E-state index is 12.3. The molecule has 2 fully saturated rings. The van der Waals surface area contributed by atoms with Gasteiger partial charge in [0.15, 0.2) is 0 Å². The fourth-order valence-corrected chi connectivity index (χ4v) is 4.48. The van der Waals surface area contributed by atoms with E-state index < -0.39 is 10.0 Å². The van der Waals surface area contributed by atoms with Crippen molar-refractivity contribution in [3.8, 4) is 0 Å². The zero-order valence-corrected chi connectivity index (χ0v) is 12.1.